The van der Waals surface area contributed by atoms with Crippen molar-refractivity contribution >= 4 is 47.8 Å². The first-order valence-corrected chi connectivity index (χ1v) is 6.48. The largest absolute Gasteiger partial charge is 0.387 e. The van der Waals surface area contributed by atoms with Crippen molar-refractivity contribution in [2.24, 2.45) is 0 Å². The summed E-state index contributed by atoms with van der Waals surface area (Å²) >= 11 is 10.0. The van der Waals surface area contributed by atoms with Gasteiger partial charge in [-0.15, -0.1) is 0 Å². The van der Waals surface area contributed by atoms with Gasteiger partial charge in [0.15, 0.2) is 2.14 Å². The number of rotatable bonds is 4. The lowest BCUT2D eigenvalue weighted by atomic mass is 10.0. The van der Waals surface area contributed by atoms with E-state index in [0.717, 1.165) is 12.8 Å². The summed E-state index contributed by atoms with van der Waals surface area (Å²) in [7, 11) is 0. The molecule has 0 aromatic carbocycles. The molecule has 4 heteroatoms. The standard InChI is InChI=1S/C8H15Br3O/c1-3-4-5-6-7(2,12)8(9,10)11/h12H,3-6H2,1-2H3. The van der Waals surface area contributed by atoms with Crippen LogP contribution in [0.3, 0.4) is 0 Å². The molecule has 0 aromatic heterocycles. The second-order valence-electron chi connectivity index (χ2n) is 3.23. The highest BCUT2D eigenvalue weighted by Crippen LogP contribution is 2.45. The smallest absolute Gasteiger partial charge is 0.163 e. The van der Waals surface area contributed by atoms with Gasteiger partial charge in [0, 0.05) is 0 Å². The van der Waals surface area contributed by atoms with Crippen molar-refractivity contribution in [3.8, 4) is 0 Å². The summed E-state index contributed by atoms with van der Waals surface area (Å²) in [5.41, 5.74) is -0.762. The van der Waals surface area contributed by atoms with Crippen LogP contribution < -0.4 is 0 Å². The Kier molecular flexibility index (Phi) is 5.94. The first kappa shape index (κ1) is 13.4. The van der Waals surface area contributed by atoms with Crippen molar-refractivity contribution < 1.29 is 5.11 Å². The second-order valence-corrected chi connectivity index (χ2v) is 9.99. The van der Waals surface area contributed by atoms with Crippen molar-refractivity contribution in [3.05, 3.63) is 0 Å². The van der Waals surface area contributed by atoms with Crippen LogP contribution in [0.1, 0.15) is 39.5 Å². The average Bonchev–Trinajstić information content (AvgIpc) is 1.85. The van der Waals surface area contributed by atoms with E-state index in [9.17, 15) is 5.11 Å². The lowest BCUT2D eigenvalue weighted by molar-refractivity contribution is 0.0625. The highest BCUT2D eigenvalue weighted by molar-refractivity contribution is 9.39. The van der Waals surface area contributed by atoms with E-state index in [1.165, 1.54) is 12.8 Å². The quantitative estimate of drug-likeness (QED) is 0.585. The van der Waals surface area contributed by atoms with Gasteiger partial charge in [-0.2, -0.15) is 0 Å². The van der Waals surface area contributed by atoms with Gasteiger partial charge in [0.25, 0.3) is 0 Å². The number of alkyl halides is 3. The van der Waals surface area contributed by atoms with Crippen LogP contribution in [-0.2, 0) is 0 Å². The number of unbranched alkanes of at least 4 members (excludes halogenated alkanes) is 2. The number of hydrogen-bond acceptors (Lipinski definition) is 1. The molecule has 0 aliphatic rings. The first-order valence-electron chi connectivity index (χ1n) is 4.10. The van der Waals surface area contributed by atoms with Crippen LogP contribution in [0.5, 0.6) is 0 Å². The molecule has 0 aliphatic heterocycles. The SMILES string of the molecule is CCCCCC(C)(O)C(Br)(Br)Br. The molecule has 0 rings (SSSR count). The van der Waals surface area contributed by atoms with Gasteiger partial charge in [0.1, 0.15) is 0 Å². The van der Waals surface area contributed by atoms with Crippen LogP contribution in [-0.4, -0.2) is 12.9 Å². The van der Waals surface area contributed by atoms with Crippen LogP contribution in [0.4, 0.5) is 0 Å². The van der Waals surface area contributed by atoms with E-state index < -0.39 is 7.74 Å². The number of halogens is 3. The Bertz CT molecular complexity index is 129. The number of hydrogen-bond donors (Lipinski definition) is 1. The summed E-state index contributed by atoms with van der Waals surface area (Å²) in [6.45, 7) is 3.96. The van der Waals surface area contributed by atoms with E-state index in [1.54, 1.807) is 6.92 Å². The van der Waals surface area contributed by atoms with Crippen molar-refractivity contribution in [3.63, 3.8) is 0 Å². The predicted octanol–water partition coefficient (Wildman–Crippen LogP) is 4.16. The van der Waals surface area contributed by atoms with Gasteiger partial charge < -0.3 is 5.11 Å². The lowest BCUT2D eigenvalue weighted by Crippen LogP contribution is -2.38. The van der Waals surface area contributed by atoms with Gasteiger partial charge in [0.05, 0.1) is 5.60 Å². The van der Waals surface area contributed by atoms with E-state index in [0.29, 0.717) is 0 Å². The Morgan fingerprint density at radius 3 is 2.00 bits per heavy atom. The molecule has 0 aliphatic carbocycles. The topological polar surface area (TPSA) is 20.2 Å². The van der Waals surface area contributed by atoms with Gasteiger partial charge in [-0.05, 0) is 13.3 Å². The third-order valence-corrected chi connectivity index (χ3v) is 4.44. The molecular formula is C8H15Br3O. The molecule has 0 spiro atoms. The molecule has 0 radical (unpaired) electrons. The maximum Gasteiger partial charge on any atom is 0.163 e. The highest BCUT2D eigenvalue weighted by atomic mass is 80.0. The molecule has 1 N–H and O–H groups in total. The summed E-state index contributed by atoms with van der Waals surface area (Å²) in [5.74, 6) is 0. The minimum absolute atomic E-state index is 0.562. The van der Waals surface area contributed by atoms with Crippen molar-refractivity contribution in [2.45, 2.75) is 47.3 Å². The van der Waals surface area contributed by atoms with Gasteiger partial charge >= 0.3 is 0 Å². The normalized spacial score (nSPS) is 17.5. The van der Waals surface area contributed by atoms with Gasteiger partial charge in [-0.3, -0.25) is 0 Å². The Morgan fingerprint density at radius 1 is 1.17 bits per heavy atom. The van der Waals surface area contributed by atoms with Crippen molar-refractivity contribution in [2.75, 3.05) is 0 Å². The molecule has 0 saturated carbocycles. The highest BCUT2D eigenvalue weighted by Gasteiger charge is 2.40. The van der Waals surface area contributed by atoms with E-state index in [2.05, 4.69) is 54.7 Å². The maximum atomic E-state index is 9.94. The van der Waals surface area contributed by atoms with Gasteiger partial charge in [-0.1, -0.05) is 74.0 Å². The summed E-state index contributed by atoms with van der Waals surface area (Å²) in [6, 6.07) is 0. The summed E-state index contributed by atoms with van der Waals surface area (Å²) in [4.78, 5) is 0. The Balaban J connectivity index is 3.88. The molecule has 0 saturated heterocycles. The average molecular weight is 367 g/mol. The molecule has 1 unspecified atom stereocenters. The fourth-order valence-electron chi connectivity index (χ4n) is 0.861. The van der Waals surface area contributed by atoms with Crippen LogP contribution >= 0.6 is 47.8 Å². The molecule has 0 heterocycles. The van der Waals surface area contributed by atoms with Crippen molar-refractivity contribution in [1.82, 2.24) is 0 Å². The molecule has 1 nitrogen and oxygen atoms in total. The van der Waals surface area contributed by atoms with Crippen LogP contribution in [0.15, 0.2) is 0 Å². The van der Waals surface area contributed by atoms with Gasteiger partial charge in [0.2, 0.25) is 0 Å². The minimum Gasteiger partial charge on any atom is -0.387 e. The van der Waals surface area contributed by atoms with Crippen LogP contribution in [0.2, 0.25) is 0 Å². The molecule has 0 amide bonds. The zero-order chi connectivity index (χ0) is 9.83. The fraction of sp³-hybridized carbons (Fsp3) is 1.00. The Labute approximate surface area is 99.7 Å². The number of aliphatic hydroxyl groups is 1. The summed E-state index contributed by atoms with van der Waals surface area (Å²) in [6.07, 6.45) is 4.17. The molecule has 0 fully saturated rings. The third-order valence-electron chi connectivity index (χ3n) is 1.88. The zero-order valence-electron chi connectivity index (χ0n) is 7.41. The molecule has 74 valence electrons. The molecular weight excluding hydrogens is 352 g/mol. The van der Waals surface area contributed by atoms with E-state index in [-0.39, 0.29) is 0 Å². The monoisotopic (exact) mass is 364 g/mol. The van der Waals surface area contributed by atoms with E-state index in [4.69, 9.17) is 0 Å². The van der Waals surface area contributed by atoms with Crippen LogP contribution in [0, 0.1) is 0 Å². The molecule has 0 bridgehead atoms. The Hall–Kier alpha value is 1.40. The third kappa shape index (κ3) is 4.58. The van der Waals surface area contributed by atoms with Gasteiger partial charge in [-0.25, -0.2) is 0 Å². The maximum absolute atomic E-state index is 9.94. The zero-order valence-corrected chi connectivity index (χ0v) is 12.2. The minimum atomic E-state index is -0.762. The molecule has 12 heavy (non-hydrogen) atoms. The van der Waals surface area contributed by atoms with E-state index >= 15 is 0 Å². The van der Waals surface area contributed by atoms with E-state index in [1.807, 2.05) is 0 Å². The van der Waals surface area contributed by atoms with Crippen molar-refractivity contribution in [1.29, 1.82) is 0 Å². The fourth-order valence-corrected chi connectivity index (χ4v) is 1.46. The Morgan fingerprint density at radius 2 is 1.67 bits per heavy atom. The predicted molar refractivity (Wildman–Crippen MR) is 64.3 cm³/mol. The summed E-state index contributed by atoms with van der Waals surface area (Å²) in [5, 5.41) is 9.94. The first-order chi connectivity index (χ1) is 5.31. The lowest BCUT2D eigenvalue weighted by Gasteiger charge is -2.31. The second kappa shape index (κ2) is 5.32. The van der Waals surface area contributed by atoms with Crippen LogP contribution in [0.25, 0.3) is 0 Å². The summed E-state index contributed by atoms with van der Waals surface area (Å²) < 4.78 is -0.562. The molecule has 1 atom stereocenters. The molecule has 0 aromatic rings.